The summed E-state index contributed by atoms with van der Waals surface area (Å²) in [7, 11) is 4.11. The lowest BCUT2D eigenvalue weighted by Gasteiger charge is -2.32. The molecule has 1 aromatic rings. The van der Waals surface area contributed by atoms with Gasteiger partial charge in [-0.3, -0.25) is 4.90 Å². The molecule has 0 aliphatic carbocycles. The van der Waals surface area contributed by atoms with E-state index in [2.05, 4.69) is 51.4 Å². The zero-order chi connectivity index (χ0) is 16.2. The van der Waals surface area contributed by atoms with Gasteiger partial charge in [-0.25, -0.2) is 4.79 Å². The predicted octanol–water partition coefficient (Wildman–Crippen LogP) is 2.28. The maximum atomic E-state index is 12.3. The van der Waals surface area contributed by atoms with Crippen molar-refractivity contribution in [3.8, 4) is 0 Å². The fraction of sp³-hybridized carbons (Fsp3) is 0.706. The van der Waals surface area contributed by atoms with Crippen LogP contribution < -0.4 is 10.6 Å². The molecule has 3 atom stereocenters. The van der Waals surface area contributed by atoms with E-state index in [1.165, 1.54) is 31.4 Å². The average molecular weight is 337 g/mol. The molecule has 3 heterocycles. The first-order chi connectivity index (χ1) is 11.1. The fourth-order valence-electron chi connectivity index (χ4n) is 3.89. The molecule has 2 saturated heterocycles. The summed E-state index contributed by atoms with van der Waals surface area (Å²) >= 11 is 1.70. The lowest BCUT2D eigenvalue weighted by atomic mass is 9.99. The molecular weight excluding hydrogens is 308 g/mol. The van der Waals surface area contributed by atoms with Gasteiger partial charge in [0.25, 0.3) is 0 Å². The quantitative estimate of drug-likeness (QED) is 0.867. The number of hydrogen-bond donors (Lipinski definition) is 2. The molecule has 0 spiro atoms. The van der Waals surface area contributed by atoms with Crippen LogP contribution in [0.5, 0.6) is 0 Å². The maximum Gasteiger partial charge on any atom is 0.315 e. The van der Waals surface area contributed by atoms with E-state index in [1.54, 1.807) is 11.3 Å². The van der Waals surface area contributed by atoms with E-state index in [1.807, 2.05) is 0 Å². The van der Waals surface area contributed by atoms with E-state index in [-0.39, 0.29) is 12.1 Å². The average Bonchev–Trinajstić information content (AvgIpc) is 3.18. The highest BCUT2D eigenvalue weighted by Crippen LogP contribution is 2.27. The molecule has 6 heteroatoms. The Kier molecular flexibility index (Phi) is 5.56. The summed E-state index contributed by atoms with van der Waals surface area (Å²) in [6, 6.07) is 3.20. The molecule has 3 rings (SSSR count). The number of nitrogens with one attached hydrogen (secondary N) is 2. The summed E-state index contributed by atoms with van der Waals surface area (Å²) < 4.78 is 0. The summed E-state index contributed by atoms with van der Waals surface area (Å²) in [5.41, 5.74) is 1.26. The van der Waals surface area contributed by atoms with Crippen LogP contribution >= 0.6 is 11.3 Å². The first kappa shape index (κ1) is 16.7. The van der Waals surface area contributed by atoms with Gasteiger partial charge in [0.05, 0.1) is 6.04 Å². The Morgan fingerprint density at radius 3 is 3.00 bits per heavy atom. The molecule has 0 aromatic carbocycles. The Balaban J connectivity index is 1.49. The number of piperidine rings is 1. The van der Waals surface area contributed by atoms with Gasteiger partial charge in [0, 0.05) is 25.2 Å². The number of amides is 2. The Morgan fingerprint density at radius 2 is 2.26 bits per heavy atom. The van der Waals surface area contributed by atoms with Crippen LogP contribution in [-0.4, -0.2) is 61.6 Å². The van der Waals surface area contributed by atoms with Crippen molar-refractivity contribution in [3.05, 3.63) is 22.4 Å². The number of carbonyl (C=O) groups excluding carboxylic acids is 1. The van der Waals surface area contributed by atoms with Gasteiger partial charge in [-0.2, -0.15) is 11.3 Å². The first-order valence-corrected chi connectivity index (χ1v) is 9.56. The second kappa shape index (κ2) is 7.64. The van der Waals surface area contributed by atoms with Crippen LogP contribution in [0.25, 0.3) is 0 Å². The highest BCUT2D eigenvalue weighted by Gasteiger charge is 2.36. The van der Waals surface area contributed by atoms with Crippen molar-refractivity contribution in [2.45, 2.75) is 43.8 Å². The van der Waals surface area contributed by atoms with Gasteiger partial charge in [0.2, 0.25) is 0 Å². The van der Waals surface area contributed by atoms with E-state index in [9.17, 15) is 4.79 Å². The number of fused-ring (bicyclic) bond motifs is 1. The zero-order valence-electron chi connectivity index (χ0n) is 14.1. The van der Waals surface area contributed by atoms with Crippen LogP contribution in [-0.2, 0) is 0 Å². The van der Waals surface area contributed by atoms with Crippen molar-refractivity contribution in [1.82, 2.24) is 20.4 Å². The minimum atomic E-state index is -0.0236. The van der Waals surface area contributed by atoms with Crippen molar-refractivity contribution in [2.24, 2.45) is 0 Å². The van der Waals surface area contributed by atoms with Crippen molar-refractivity contribution >= 4 is 17.4 Å². The second-order valence-electron chi connectivity index (χ2n) is 6.88. The van der Waals surface area contributed by atoms with Gasteiger partial charge in [-0.05, 0) is 62.3 Å². The van der Waals surface area contributed by atoms with Crippen molar-refractivity contribution in [3.63, 3.8) is 0 Å². The zero-order valence-corrected chi connectivity index (χ0v) is 14.9. The van der Waals surface area contributed by atoms with E-state index in [4.69, 9.17) is 0 Å². The number of hydrogen-bond acceptors (Lipinski definition) is 4. The molecule has 0 unspecified atom stereocenters. The van der Waals surface area contributed by atoms with Crippen LogP contribution in [0.15, 0.2) is 16.8 Å². The molecule has 0 saturated carbocycles. The van der Waals surface area contributed by atoms with Crippen molar-refractivity contribution in [2.75, 3.05) is 33.7 Å². The normalized spacial score (nSPS) is 26.0. The lowest BCUT2D eigenvalue weighted by molar-refractivity contribution is 0.178. The third-order valence-corrected chi connectivity index (χ3v) is 5.88. The summed E-state index contributed by atoms with van der Waals surface area (Å²) in [5.74, 6) is 0. The number of thiophene rings is 1. The van der Waals surface area contributed by atoms with Crippen LogP contribution in [0.4, 0.5) is 4.79 Å². The van der Waals surface area contributed by atoms with E-state index in [0.717, 1.165) is 13.0 Å². The van der Waals surface area contributed by atoms with Gasteiger partial charge in [-0.1, -0.05) is 6.42 Å². The Hall–Kier alpha value is -1.11. The predicted molar refractivity (Wildman–Crippen MR) is 94.9 cm³/mol. The van der Waals surface area contributed by atoms with Crippen LogP contribution in [0, 0.1) is 0 Å². The highest BCUT2D eigenvalue weighted by molar-refractivity contribution is 7.07. The number of rotatable bonds is 5. The Morgan fingerprint density at radius 1 is 1.39 bits per heavy atom. The van der Waals surface area contributed by atoms with Gasteiger partial charge in [0.1, 0.15) is 0 Å². The SMILES string of the molecule is CN(C)[C@H](CNC(=O)N[C@@H]1CCN2CCCC[C@@H]12)c1ccsc1. The molecule has 23 heavy (non-hydrogen) atoms. The summed E-state index contributed by atoms with van der Waals surface area (Å²) in [6.45, 7) is 2.97. The molecular formula is C17H28N4OS. The lowest BCUT2D eigenvalue weighted by Crippen LogP contribution is -2.50. The molecule has 0 bridgehead atoms. The molecule has 2 aliphatic heterocycles. The fourth-order valence-corrected chi connectivity index (χ4v) is 4.59. The molecule has 1 aromatic heterocycles. The Labute approximate surface area is 143 Å². The van der Waals surface area contributed by atoms with Gasteiger partial charge in [-0.15, -0.1) is 0 Å². The molecule has 128 valence electrons. The minimum Gasteiger partial charge on any atom is -0.336 e. The standard InChI is InChI=1S/C17H28N4OS/c1-20(2)16(13-7-10-23-12-13)11-18-17(22)19-14-6-9-21-8-4-3-5-15(14)21/h7,10,12,14-16H,3-6,8-9,11H2,1-2H3,(H2,18,19,22)/t14-,15+,16-/m1/s1. The molecule has 2 fully saturated rings. The molecule has 2 N–H and O–H groups in total. The summed E-state index contributed by atoms with van der Waals surface area (Å²) in [4.78, 5) is 17.0. The summed E-state index contributed by atoms with van der Waals surface area (Å²) in [6.07, 6.45) is 4.91. The van der Waals surface area contributed by atoms with Crippen molar-refractivity contribution < 1.29 is 4.79 Å². The number of urea groups is 1. The van der Waals surface area contributed by atoms with Gasteiger partial charge in [0.15, 0.2) is 0 Å². The third kappa shape index (κ3) is 4.05. The molecule has 0 radical (unpaired) electrons. The van der Waals surface area contributed by atoms with Crippen molar-refractivity contribution in [1.29, 1.82) is 0 Å². The molecule has 2 amide bonds. The van der Waals surface area contributed by atoms with E-state index in [0.29, 0.717) is 18.6 Å². The number of carbonyl (C=O) groups is 1. The maximum absolute atomic E-state index is 12.3. The van der Waals surface area contributed by atoms with Crippen LogP contribution in [0.1, 0.15) is 37.3 Å². The molecule has 5 nitrogen and oxygen atoms in total. The smallest absolute Gasteiger partial charge is 0.315 e. The van der Waals surface area contributed by atoms with Crippen LogP contribution in [0.2, 0.25) is 0 Å². The van der Waals surface area contributed by atoms with E-state index >= 15 is 0 Å². The monoisotopic (exact) mass is 336 g/mol. The first-order valence-electron chi connectivity index (χ1n) is 8.62. The van der Waals surface area contributed by atoms with Crippen LogP contribution in [0.3, 0.4) is 0 Å². The third-order valence-electron chi connectivity index (χ3n) is 5.18. The minimum absolute atomic E-state index is 0.0236. The molecule has 2 aliphatic rings. The summed E-state index contributed by atoms with van der Waals surface area (Å²) in [5, 5.41) is 10.5. The number of likely N-dealkylation sites (N-methyl/N-ethyl adjacent to an activating group) is 1. The van der Waals surface area contributed by atoms with Gasteiger partial charge < -0.3 is 15.5 Å². The Bertz CT molecular complexity index is 505. The second-order valence-corrected chi connectivity index (χ2v) is 7.66. The number of nitrogens with zero attached hydrogens (tertiary/aromatic N) is 2. The topological polar surface area (TPSA) is 47.6 Å². The highest BCUT2D eigenvalue weighted by atomic mass is 32.1. The van der Waals surface area contributed by atoms with Gasteiger partial charge >= 0.3 is 6.03 Å². The largest absolute Gasteiger partial charge is 0.336 e. The van der Waals surface area contributed by atoms with E-state index < -0.39 is 0 Å².